The second-order valence-electron chi connectivity index (χ2n) is 1.49. The van der Waals surface area contributed by atoms with Gasteiger partial charge in [-0.05, 0) is 0 Å². The van der Waals surface area contributed by atoms with Crippen LogP contribution in [0.25, 0.3) is 0 Å². The Morgan fingerprint density at radius 3 is 1.50 bits per heavy atom. The van der Waals surface area contributed by atoms with Gasteiger partial charge in [0.15, 0.2) is 0 Å². The fraction of sp³-hybridized carbons (Fsp3) is 0. The van der Waals surface area contributed by atoms with Gasteiger partial charge in [0.25, 0.3) is 0 Å². The predicted molar refractivity (Wildman–Crippen MR) is 30.9 cm³/mol. The molecule has 1 rings (SSSR count). The van der Waals surface area contributed by atoms with Crippen molar-refractivity contribution in [3.8, 4) is 0 Å². The molecule has 0 saturated heterocycles. The SMILES string of the molecule is [CH2-]c1ccccc1.[Cl-].[Cl-].[Zr+3]. The van der Waals surface area contributed by atoms with Gasteiger partial charge in [0.05, 0.1) is 0 Å². The maximum Gasteiger partial charge on any atom is 3.00 e. The van der Waals surface area contributed by atoms with Crippen LogP contribution in [0.2, 0.25) is 0 Å². The Bertz CT molecular complexity index is 142. The van der Waals surface area contributed by atoms with Crippen molar-refractivity contribution in [3.63, 3.8) is 0 Å². The minimum atomic E-state index is 0. The van der Waals surface area contributed by atoms with Crippen LogP contribution >= 0.6 is 0 Å². The second-order valence-corrected chi connectivity index (χ2v) is 1.49. The third kappa shape index (κ3) is 6.67. The van der Waals surface area contributed by atoms with Crippen LogP contribution in [0.4, 0.5) is 0 Å². The normalized spacial score (nSPS) is 6.00. The van der Waals surface area contributed by atoms with E-state index in [1.807, 2.05) is 30.3 Å². The maximum atomic E-state index is 3.72. The topological polar surface area (TPSA) is 0 Å². The van der Waals surface area contributed by atoms with E-state index < -0.39 is 0 Å². The molecule has 0 spiro atoms. The van der Waals surface area contributed by atoms with Crippen LogP contribution in [0.15, 0.2) is 30.3 Å². The molecule has 1 aromatic carbocycles. The molecule has 0 aliphatic carbocycles. The van der Waals surface area contributed by atoms with Crippen molar-refractivity contribution >= 4 is 0 Å². The number of hydrogen-bond donors (Lipinski definition) is 0. The summed E-state index contributed by atoms with van der Waals surface area (Å²) in [4.78, 5) is 0. The molecule has 3 heteroatoms. The molecule has 0 aliphatic heterocycles. The fourth-order valence-corrected chi connectivity index (χ4v) is 0.478. The van der Waals surface area contributed by atoms with E-state index in [1.54, 1.807) is 0 Å². The van der Waals surface area contributed by atoms with Crippen LogP contribution in [0.1, 0.15) is 5.56 Å². The predicted octanol–water partition coefficient (Wildman–Crippen LogP) is -4.13. The van der Waals surface area contributed by atoms with E-state index in [2.05, 4.69) is 6.92 Å². The van der Waals surface area contributed by atoms with E-state index in [1.165, 1.54) is 0 Å². The van der Waals surface area contributed by atoms with E-state index in [0.717, 1.165) is 5.56 Å². The van der Waals surface area contributed by atoms with Gasteiger partial charge in [-0.1, -0.05) is 6.07 Å². The molecule has 0 amide bonds. The monoisotopic (exact) mass is 251 g/mol. The summed E-state index contributed by atoms with van der Waals surface area (Å²) in [7, 11) is 0. The summed E-state index contributed by atoms with van der Waals surface area (Å²) in [5.74, 6) is 0. The zero-order valence-corrected chi connectivity index (χ0v) is 9.32. The summed E-state index contributed by atoms with van der Waals surface area (Å²) >= 11 is 0. The van der Waals surface area contributed by atoms with Crippen molar-refractivity contribution in [2.45, 2.75) is 0 Å². The van der Waals surface area contributed by atoms with Crippen molar-refractivity contribution < 1.29 is 51.0 Å². The van der Waals surface area contributed by atoms with Gasteiger partial charge in [0.2, 0.25) is 0 Å². The molecule has 0 nitrogen and oxygen atoms in total. The fourth-order valence-electron chi connectivity index (χ4n) is 0.478. The van der Waals surface area contributed by atoms with E-state index in [0.29, 0.717) is 0 Å². The molecule has 53 valence electrons. The first-order valence-corrected chi connectivity index (χ1v) is 2.26. The zero-order chi connectivity index (χ0) is 5.11. The first-order chi connectivity index (χ1) is 3.39. The van der Waals surface area contributed by atoms with Crippen LogP contribution in [-0.2, 0) is 26.2 Å². The van der Waals surface area contributed by atoms with E-state index in [9.17, 15) is 0 Å². The largest absolute Gasteiger partial charge is 3.00 e. The summed E-state index contributed by atoms with van der Waals surface area (Å²) < 4.78 is 0. The van der Waals surface area contributed by atoms with Gasteiger partial charge in [0, 0.05) is 0 Å². The van der Waals surface area contributed by atoms with E-state index >= 15 is 0 Å². The average Bonchev–Trinajstić information content (AvgIpc) is 1.69. The second kappa shape index (κ2) is 9.55. The first-order valence-electron chi connectivity index (χ1n) is 2.26. The standard InChI is InChI=1S/C7H7.2ClH.Zr/c1-7-5-3-2-4-6-7;;;/h2-6H,1H2;2*1H;/q-1;;;+3/p-2. The molecule has 0 saturated carbocycles. The number of benzene rings is 1. The van der Waals surface area contributed by atoms with E-state index in [4.69, 9.17) is 0 Å². The van der Waals surface area contributed by atoms with Crippen LogP contribution < -0.4 is 24.8 Å². The quantitative estimate of drug-likeness (QED) is 0.412. The molecule has 1 aromatic rings. The Labute approximate surface area is 93.4 Å². The first kappa shape index (κ1) is 16.9. The molecular weight excluding hydrogens is 246 g/mol. The summed E-state index contributed by atoms with van der Waals surface area (Å²) in [6.07, 6.45) is 0. The molecule has 10 heavy (non-hydrogen) atoms. The van der Waals surface area contributed by atoms with Crippen molar-refractivity contribution in [2.24, 2.45) is 0 Å². The number of rotatable bonds is 0. The molecule has 1 radical (unpaired) electrons. The van der Waals surface area contributed by atoms with Crippen LogP contribution in [0, 0.1) is 6.92 Å². The minimum absolute atomic E-state index is 0. The van der Waals surface area contributed by atoms with Crippen LogP contribution in [0.3, 0.4) is 0 Å². The summed E-state index contributed by atoms with van der Waals surface area (Å²) in [6.45, 7) is 3.72. The molecule has 0 aliphatic rings. The minimum Gasteiger partial charge on any atom is -1.00 e. The van der Waals surface area contributed by atoms with Gasteiger partial charge in [-0.2, -0.15) is 24.6 Å². The number of hydrogen-bond acceptors (Lipinski definition) is 0. The Morgan fingerprint density at radius 2 is 1.30 bits per heavy atom. The Hall–Kier alpha value is 0.553. The smallest absolute Gasteiger partial charge is 1.00 e. The van der Waals surface area contributed by atoms with Gasteiger partial charge in [0.1, 0.15) is 0 Å². The molecular formula is C7H7Cl2Zr. The third-order valence-electron chi connectivity index (χ3n) is 0.843. The third-order valence-corrected chi connectivity index (χ3v) is 0.843. The van der Waals surface area contributed by atoms with Gasteiger partial charge >= 0.3 is 26.2 Å². The summed E-state index contributed by atoms with van der Waals surface area (Å²) in [5, 5.41) is 0. The zero-order valence-electron chi connectivity index (χ0n) is 5.35. The molecule has 0 bridgehead atoms. The maximum absolute atomic E-state index is 3.72. The van der Waals surface area contributed by atoms with Crippen molar-refractivity contribution in [1.29, 1.82) is 0 Å². The van der Waals surface area contributed by atoms with Gasteiger partial charge in [-0.25, -0.2) is 0 Å². The molecule has 0 aromatic heterocycles. The Morgan fingerprint density at radius 1 is 0.900 bits per heavy atom. The van der Waals surface area contributed by atoms with Crippen molar-refractivity contribution in [2.75, 3.05) is 0 Å². The van der Waals surface area contributed by atoms with Gasteiger partial charge in [-0.15, -0.1) is 12.1 Å². The van der Waals surface area contributed by atoms with E-state index in [-0.39, 0.29) is 51.0 Å². The molecule has 0 unspecified atom stereocenters. The number of halogens is 2. The molecule has 0 heterocycles. The van der Waals surface area contributed by atoms with Gasteiger partial charge in [-0.3, -0.25) is 0 Å². The van der Waals surface area contributed by atoms with Gasteiger partial charge < -0.3 is 24.8 Å². The molecule has 0 fully saturated rings. The summed E-state index contributed by atoms with van der Waals surface area (Å²) in [6, 6.07) is 9.87. The Balaban J connectivity index is -0.000000163. The van der Waals surface area contributed by atoms with Crippen molar-refractivity contribution in [3.05, 3.63) is 42.8 Å². The molecule has 0 N–H and O–H groups in total. The average molecular weight is 253 g/mol. The van der Waals surface area contributed by atoms with Crippen molar-refractivity contribution in [1.82, 2.24) is 0 Å². The van der Waals surface area contributed by atoms with Crippen LogP contribution in [0.5, 0.6) is 0 Å². The van der Waals surface area contributed by atoms with Crippen LogP contribution in [-0.4, -0.2) is 0 Å². The molecule has 0 atom stereocenters. The Kier molecular flexibility index (Phi) is 16.1. The summed E-state index contributed by atoms with van der Waals surface area (Å²) in [5.41, 5.74) is 1.07.